The van der Waals surface area contributed by atoms with Gasteiger partial charge in [-0.2, -0.15) is 0 Å². The molecule has 2 N–H and O–H groups in total. The van der Waals surface area contributed by atoms with Gasteiger partial charge in [0.2, 0.25) is 5.88 Å². The molecule has 1 aromatic carbocycles. The van der Waals surface area contributed by atoms with Gasteiger partial charge in [-0.25, -0.2) is 13.8 Å². The Morgan fingerprint density at radius 3 is 2.58 bits per heavy atom. The Bertz CT molecular complexity index is 1250. The van der Waals surface area contributed by atoms with Gasteiger partial charge < -0.3 is 9.84 Å². The van der Waals surface area contributed by atoms with Crippen LogP contribution in [0, 0.1) is 23.2 Å². The second-order valence-electron chi connectivity index (χ2n) is 8.91. The molecule has 0 fully saturated rings. The summed E-state index contributed by atoms with van der Waals surface area (Å²) in [5.74, 6) is -1.69. The molecular formula is C24H27F2N3O3S. The molecule has 9 heteroatoms. The first-order valence-corrected chi connectivity index (χ1v) is 10.9. The number of carbonyl (C=O) groups is 1. The van der Waals surface area contributed by atoms with Crippen molar-refractivity contribution in [2.75, 3.05) is 6.61 Å². The summed E-state index contributed by atoms with van der Waals surface area (Å²) in [6.07, 6.45) is 1.29. The SMILES string of the molecule is Cc1c(F)c(=S)[nH]n1C(C)(C)COc1cc(-c2cc(F)cc(C(C)C)c2CC(=O)O)ccn1. The van der Waals surface area contributed by atoms with Crippen LogP contribution in [-0.2, 0) is 16.8 Å². The number of pyridine rings is 1. The van der Waals surface area contributed by atoms with Crippen LogP contribution in [0.2, 0.25) is 0 Å². The minimum atomic E-state index is -0.997. The molecular weight excluding hydrogens is 448 g/mol. The number of ether oxygens (including phenoxy) is 1. The van der Waals surface area contributed by atoms with Gasteiger partial charge in [0.25, 0.3) is 0 Å². The predicted molar refractivity (Wildman–Crippen MR) is 124 cm³/mol. The molecule has 0 saturated heterocycles. The van der Waals surface area contributed by atoms with E-state index in [1.54, 1.807) is 23.7 Å². The molecule has 176 valence electrons. The fourth-order valence-electron chi connectivity index (χ4n) is 3.85. The Morgan fingerprint density at radius 2 is 2.00 bits per heavy atom. The van der Waals surface area contributed by atoms with E-state index >= 15 is 0 Å². The van der Waals surface area contributed by atoms with E-state index in [2.05, 4.69) is 10.1 Å². The molecule has 2 heterocycles. The van der Waals surface area contributed by atoms with Gasteiger partial charge in [-0.15, -0.1) is 0 Å². The van der Waals surface area contributed by atoms with Crippen LogP contribution in [0.4, 0.5) is 8.78 Å². The van der Waals surface area contributed by atoms with Gasteiger partial charge in [0.05, 0.1) is 17.7 Å². The number of H-pyrrole nitrogens is 1. The van der Waals surface area contributed by atoms with Crippen molar-refractivity contribution < 1.29 is 23.4 Å². The first-order chi connectivity index (χ1) is 15.4. The summed E-state index contributed by atoms with van der Waals surface area (Å²) in [7, 11) is 0. The lowest BCUT2D eigenvalue weighted by Gasteiger charge is -2.27. The van der Waals surface area contributed by atoms with Crippen LogP contribution in [0.1, 0.15) is 50.4 Å². The monoisotopic (exact) mass is 475 g/mol. The fraction of sp³-hybridized carbons (Fsp3) is 0.375. The molecule has 3 aromatic rings. The molecule has 0 aliphatic rings. The first kappa shape index (κ1) is 24.6. The summed E-state index contributed by atoms with van der Waals surface area (Å²) in [5.41, 5.74) is 1.99. The van der Waals surface area contributed by atoms with Gasteiger partial charge in [0, 0.05) is 12.3 Å². The van der Waals surface area contributed by atoms with Crippen LogP contribution in [0.15, 0.2) is 30.5 Å². The molecule has 6 nitrogen and oxygen atoms in total. The van der Waals surface area contributed by atoms with Crippen molar-refractivity contribution in [3.63, 3.8) is 0 Å². The maximum absolute atomic E-state index is 14.4. The third-order valence-corrected chi connectivity index (χ3v) is 5.76. The third kappa shape index (κ3) is 5.30. The Balaban J connectivity index is 1.95. The first-order valence-electron chi connectivity index (χ1n) is 10.5. The van der Waals surface area contributed by atoms with E-state index in [0.717, 1.165) is 0 Å². The normalized spacial score (nSPS) is 11.8. The number of hydrogen-bond acceptors (Lipinski definition) is 4. The Hall–Kier alpha value is -3.07. The van der Waals surface area contributed by atoms with Crippen molar-refractivity contribution in [1.29, 1.82) is 0 Å². The maximum Gasteiger partial charge on any atom is 0.307 e. The van der Waals surface area contributed by atoms with E-state index in [1.807, 2.05) is 27.7 Å². The second-order valence-corrected chi connectivity index (χ2v) is 9.31. The van der Waals surface area contributed by atoms with Crippen molar-refractivity contribution in [2.45, 2.75) is 52.5 Å². The molecule has 2 aromatic heterocycles. The smallest absolute Gasteiger partial charge is 0.307 e. The van der Waals surface area contributed by atoms with Gasteiger partial charge in [-0.1, -0.05) is 26.1 Å². The lowest BCUT2D eigenvalue weighted by molar-refractivity contribution is -0.136. The van der Waals surface area contributed by atoms with Crippen molar-refractivity contribution in [1.82, 2.24) is 14.8 Å². The minimum absolute atomic E-state index is 0.0266. The van der Waals surface area contributed by atoms with Gasteiger partial charge in [-0.05, 0) is 67.1 Å². The number of rotatable bonds is 8. The number of aromatic amines is 1. The van der Waals surface area contributed by atoms with E-state index in [0.29, 0.717) is 27.9 Å². The summed E-state index contributed by atoms with van der Waals surface area (Å²) < 4.78 is 36.0. The van der Waals surface area contributed by atoms with E-state index in [-0.39, 0.29) is 29.5 Å². The van der Waals surface area contributed by atoms with Gasteiger partial charge >= 0.3 is 5.97 Å². The molecule has 3 rings (SSSR count). The molecule has 0 unspecified atom stereocenters. The van der Waals surface area contributed by atoms with E-state index in [4.69, 9.17) is 17.0 Å². The lowest BCUT2D eigenvalue weighted by atomic mass is 9.88. The van der Waals surface area contributed by atoms with Gasteiger partial charge in [0.1, 0.15) is 12.4 Å². The van der Waals surface area contributed by atoms with Gasteiger partial charge in [0.15, 0.2) is 10.5 Å². The number of aliphatic carboxylic acids is 1. The number of aromatic nitrogens is 3. The molecule has 0 radical (unpaired) electrons. The number of halogens is 2. The molecule has 33 heavy (non-hydrogen) atoms. The quantitative estimate of drug-likeness (QED) is 0.405. The van der Waals surface area contributed by atoms with Crippen molar-refractivity contribution in [2.24, 2.45) is 0 Å². The Morgan fingerprint density at radius 1 is 1.30 bits per heavy atom. The molecule has 0 spiro atoms. The number of carboxylic acids is 1. The van der Waals surface area contributed by atoms with Gasteiger partial charge in [-0.3, -0.25) is 14.6 Å². The van der Waals surface area contributed by atoms with Crippen LogP contribution in [0.3, 0.4) is 0 Å². The summed E-state index contributed by atoms with van der Waals surface area (Å²) in [5, 5.41) is 12.3. The Labute approximate surface area is 196 Å². The number of benzene rings is 1. The van der Waals surface area contributed by atoms with Crippen LogP contribution in [0.5, 0.6) is 5.88 Å². The average molecular weight is 476 g/mol. The van der Waals surface area contributed by atoms with Crippen LogP contribution < -0.4 is 4.74 Å². The van der Waals surface area contributed by atoms with Crippen LogP contribution in [-0.4, -0.2) is 32.4 Å². The molecule has 0 bridgehead atoms. The highest BCUT2D eigenvalue weighted by atomic mass is 32.1. The molecule has 0 atom stereocenters. The zero-order chi connectivity index (χ0) is 24.5. The van der Waals surface area contributed by atoms with E-state index in [1.165, 1.54) is 18.3 Å². The fourth-order valence-corrected chi connectivity index (χ4v) is 4.09. The van der Waals surface area contributed by atoms with E-state index < -0.39 is 23.1 Å². The van der Waals surface area contributed by atoms with Crippen molar-refractivity contribution in [3.8, 4) is 17.0 Å². The maximum atomic E-state index is 14.4. The highest BCUT2D eigenvalue weighted by molar-refractivity contribution is 7.71. The molecule has 0 amide bonds. The second kappa shape index (κ2) is 9.43. The summed E-state index contributed by atoms with van der Waals surface area (Å²) in [6.45, 7) is 9.28. The lowest BCUT2D eigenvalue weighted by Crippen LogP contribution is -2.35. The summed E-state index contributed by atoms with van der Waals surface area (Å²) >= 11 is 4.98. The summed E-state index contributed by atoms with van der Waals surface area (Å²) in [6, 6.07) is 6.05. The topological polar surface area (TPSA) is 80.1 Å². The van der Waals surface area contributed by atoms with Crippen molar-refractivity contribution in [3.05, 3.63) is 63.6 Å². The molecule has 0 aliphatic carbocycles. The predicted octanol–water partition coefficient (Wildman–Crippen LogP) is 5.76. The minimum Gasteiger partial charge on any atom is -0.481 e. The highest BCUT2D eigenvalue weighted by Crippen LogP contribution is 2.33. The zero-order valence-corrected chi connectivity index (χ0v) is 20.0. The average Bonchev–Trinajstić information content (AvgIpc) is 3.01. The number of hydrogen-bond donors (Lipinski definition) is 2. The molecule has 0 saturated carbocycles. The van der Waals surface area contributed by atoms with Crippen LogP contribution >= 0.6 is 12.2 Å². The number of carboxylic acid groups (broad SMARTS) is 1. The number of nitrogens with zero attached hydrogens (tertiary/aromatic N) is 2. The number of nitrogens with one attached hydrogen (secondary N) is 1. The standard InChI is InChI=1S/C24H27F2N3O3S/c1-13(2)17-9-16(25)10-18(19(17)11-21(30)31)15-6-7-27-20(8-15)32-12-24(4,5)29-14(3)22(26)23(33)28-29/h6-10,13H,11-12H2,1-5H3,(H,28,33)(H,30,31). The zero-order valence-electron chi connectivity index (χ0n) is 19.2. The van der Waals surface area contributed by atoms with Crippen molar-refractivity contribution >= 4 is 18.2 Å². The highest BCUT2D eigenvalue weighted by Gasteiger charge is 2.26. The largest absolute Gasteiger partial charge is 0.481 e. The summed E-state index contributed by atoms with van der Waals surface area (Å²) in [4.78, 5) is 15.7. The molecule has 0 aliphatic heterocycles. The third-order valence-electron chi connectivity index (χ3n) is 5.49. The van der Waals surface area contributed by atoms with Crippen LogP contribution in [0.25, 0.3) is 11.1 Å². The van der Waals surface area contributed by atoms with E-state index in [9.17, 15) is 18.7 Å². The Kier molecular flexibility index (Phi) is 7.02.